The maximum absolute atomic E-state index is 13.0. The van der Waals surface area contributed by atoms with Crippen molar-refractivity contribution in [3.63, 3.8) is 0 Å². The zero-order chi connectivity index (χ0) is 22.1. The van der Waals surface area contributed by atoms with Gasteiger partial charge in [-0.15, -0.1) is 0 Å². The number of nitrogens with one attached hydrogen (secondary N) is 1. The van der Waals surface area contributed by atoms with Crippen molar-refractivity contribution in [3.8, 4) is 11.5 Å². The Balaban J connectivity index is 1.84. The Morgan fingerprint density at radius 1 is 1.27 bits per heavy atom. The van der Waals surface area contributed by atoms with E-state index in [4.69, 9.17) is 9.47 Å². The molecule has 0 saturated heterocycles. The van der Waals surface area contributed by atoms with Gasteiger partial charge in [-0.25, -0.2) is 8.42 Å². The van der Waals surface area contributed by atoms with Crippen LogP contribution >= 0.6 is 0 Å². The van der Waals surface area contributed by atoms with Crippen LogP contribution in [0.15, 0.2) is 36.4 Å². The maximum Gasteiger partial charge on any atom is 0.263 e. The number of fused-ring (bicyclic) bond motifs is 1. The van der Waals surface area contributed by atoms with Gasteiger partial charge in [0.05, 0.1) is 31.6 Å². The summed E-state index contributed by atoms with van der Waals surface area (Å²) in [5.74, 6) is 0.812. The van der Waals surface area contributed by atoms with Gasteiger partial charge in [-0.1, -0.05) is 25.1 Å². The largest absolute Gasteiger partial charge is 0.496 e. The Morgan fingerprint density at radius 2 is 2.00 bits per heavy atom. The highest BCUT2D eigenvalue weighted by Crippen LogP contribution is 2.36. The number of aryl methyl sites for hydroxylation is 2. The average Bonchev–Trinajstić information content (AvgIpc) is 2.70. The van der Waals surface area contributed by atoms with Crippen molar-refractivity contribution in [1.29, 1.82) is 0 Å². The molecular formula is C22H28N2O5S. The SMILES string of the molecule is CC[C@@H](NC(=O)[C@@H]1CN(S(C)(=O)=O)c2cc(C)ccc2O1)c1ccc(OC)c(C)c1. The highest BCUT2D eigenvalue weighted by Gasteiger charge is 2.35. The molecule has 0 saturated carbocycles. The number of rotatable bonds is 6. The van der Waals surface area contributed by atoms with Crippen molar-refractivity contribution in [3.05, 3.63) is 53.1 Å². The first kappa shape index (κ1) is 22.0. The molecule has 1 aliphatic heterocycles. The number of carbonyl (C=O) groups is 1. The summed E-state index contributed by atoms with van der Waals surface area (Å²) >= 11 is 0. The fourth-order valence-electron chi connectivity index (χ4n) is 3.62. The minimum atomic E-state index is -3.56. The predicted molar refractivity (Wildman–Crippen MR) is 117 cm³/mol. The van der Waals surface area contributed by atoms with Gasteiger partial charge < -0.3 is 14.8 Å². The lowest BCUT2D eigenvalue weighted by molar-refractivity contribution is -0.128. The van der Waals surface area contributed by atoms with Gasteiger partial charge in [0.25, 0.3) is 5.91 Å². The Labute approximate surface area is 178 Å². The van der Waals surface area contributed by atoms with Crippen LogP contribution in [-0.4, -0.2) is 40.3 Å². The molecule has 2 aromatic rings. The van der Waals surface area contributed by atoms with Gasteiger partial charge in [0.1, 0.15) is 11.5 Å². The van der Waals surface area contributed by atoms with Gasteiger partial charge in [0.2, 0.25) is 10.0 Å². The molecule has 7 nitrogen and oxygen atoms in total. The fraction of sp³-hybridized carbons (Fsp3) is 0.409. The first-order valence-corrected chi connectivity index (χ1v) is 11.7. The van der Waals surface area contributed by atoms with Crippen LogP contribution in [0.2, 0.25) is 0 Å². The van der Waals surface area contributed by atoms with Crippen LogP contribution in [-0.2, 0) is 14.8 Å². The molecular weight excluding hydrogens is 404 g/mol. The molecule has 1 amide bonds. The number of ether oxygens (including phenoxy) is 2. The van der Waals surface area contributed by atoms with Crippen LogP contribution in [0, 0.1) is 13.8 Å². The summed E-state index contributed by atoms with van der Waals surface area (Å²) in [7, 11) is -1.94. The second kappa shape index (κ2) is 8.55. The Morgan fingerprint density at radius 3 is 2.60 bits per heavy atom. The van der Waals surface area contributed by atoms with E-state index in [1.165, 1.54) is 4.31 Å². The Bertz CT molecular complexity index is 1050. The average molecular weight is 433 g/mol. The minimum absolute atomic E-state index is 0.0702. The van der Waals surface area contributed by atoms with E-state index in [9.17, 15) is 13.2 Å². The third-order valence-corrected chi connectivity index (χ3v) is 6.37. The third kappa shape index (κ3) is 4.53. The first-order valence-electron chi connectivity index (χ1n) is 9.84. The lowest BCUT2D eigenvalue weighted by Gasteiger charge is -2.34. The molecule has 1 N–H and O–H groups in total. The molecule has 0 unspecified atom stereocenters. The number of hydrogen-bond acceptors (Lipinski definition) is 5. The van der Waals surface area contributed by atoms with Crippen LogP contribution in [0.4, 0.5) is 5.69 Å². The number of methoxy groups -OCH3 is 1. The van der Waals surface area contributed by atoms with Gasteiger partial charge >= 0.3 is 0 Å². The fourth-order valence-corrected chi connectivity index (χ4v) is 4.52. The van der Waals surface area contributed by atoms with Crippen molar-refractivity contribution in [2.24, 2.45) is 0 Å². The van der Waals surface area contributed by atoms with Crippen LogP contribution in [0.5, 0.6) is 11.5 Å². The van der Waals surface area contributed by atoms with Gasteiger partial charge in [0, 0.05) is 0 Å². The highest BCUT2D eigenvalue weighted by molar-refractivity contribution is 7.92. The topological polar surface area (TPSA) is 84.9 Å². The number of carbonyl (C=O) groups excluding carboxylic acids is 1. The molecule has 3 rings (SSSR count). The second-order valence-corrected chi connectivity index (χ2v) is 9.48. The summed E-state index contributed by atoms with van der Waals surface area (Å²) in [4.78, 5) is 13.0. The van der Waals surface area contributed by atoms with E-state index in [2.05, 4.69) is 5.32 Å². The number of sulfonamides is 1. The maximum atomic E-state index is 13.0. The molecule has 30 heavy (non-hydrogen) atoms. The normalized spacial score (nSPS) is 17.0. The van der Waals surface area contributed by atoms with E-state index >= 15 is 0 Å². The van der Waals surface area contributed by atoms with E-state index in [1.807, 2.05) is 45.0 Å². The van der Waals surface area contributed by atoms with Crippen molar-refractivity contribution in [2.45, 2.75) is 39.3 Å². The highest BCUT2D eigenvalue weighted by atomic mass is 32.2. The van der Waals surface area contributed by atoms with E-state index < -0.39 is 16.1 Å². The van der Waals surface area contributed by atoms with E-state index in [0.29, 0.717) is 17.9 Å². The number of hydrogen-bond donors (Lipinski definition) is 1. The number of anilines is 1. The number of benzene rings is 2. The van der Waals surface area contributed by atoms with Crippen LogP contribution < -0.4 is 19.1 Å². The summed E-state index contributed by atoms with van der Waals surface area (Å²) in [5, 5.41) is 3.01. The van der Waals surface area contributed by atoms with Crippen molar-refractivity contribution in [2.75, 3.05) is 24.2 Å². The number of nitrogens with zero attached hydrogens (tertiary/aromatic N) is 1. The summed E-state index contributed by atoms with van der Waals surface area (Å²) in [5.41, 5.74) is 3.30. The van der Waals surface area contributed by atoms with E-state index in [0.717, 1.165) is 28.7 Å². The van der Waals surface area contributed by atoms with Gasteiger partial charge in [0.15, 0.2) is 6.10 Å². The molecule has 2 atom stereocenters. The van der Waals surface area contributed by atoms with Crippen molar-refractivity contribution in [1.82, 2.24) is 5.32 Å². The molecule has 0 aliphatic carbocycles. The van der Waals surface area contributed by atoms with Crippen LogP contribution in [0.25, 0.3) is 0 Å². The molecule has 8 heteroatoms. The standard InChI is InChI=1S/C22H28N2O5S/c1-6-17(16-8-10-19(28-4)15(3)12-16)23-22(25)21-13-24(30(5,26)27)18-11-14(2)7-9-20(18)29-21/h7-12,17,21H,6,13H2,1-5H3,(H,23,25)/t17-,21+/m1/s1. The summed E-state index contributed by atoms with van der Waals surface area (Å²) in [6.07, 6.45) is 0.868. The summed E-state index contributed by atoms with van der Waals surface area (Å²) < 4.78 is 37.1. The second-order valence-electron chi connectivity index (χ2n) is 7.57. The molecule has 0 spiro atoms. The molecule has 0 bridgehead atoms. The molecule has 162 valence electrons. The summed E-state index contributed by atoms with van der Waals surface area (Å²) in [6, 6.07) is 10.8. The van der Waals surface area contributed by atoms with Crippen molar-refractivity contribution >= 4 is 21.6 Å². The van der Waals surface area contributed by atoms with E-state index in [-0.39, 0.29) is 18.5 Å². The first-order chi connectivity index (χ1) is 14.1. The number of amides is 1. The Hall–Kier alpha value is -2.74. The molecule has 1 heterocycles. The third-order valence-electron chi connectivity index (χ3n) is 5.22. The van der Waals surface area contributed by atoms with Gasteiger partial charge in [-0.05, 0) is 55.2 Å². The molecule has 0 radical (unpaired) electrons. The quantitative estimate of drug-likeness (QED) is 0.758. The van der Waals surface area contributed by atoms with Crippen molar-refractivity contribution < 1.29 is 22.7 Å². The van der Waals surface area contributed by atoms with Crippen LogP contribution in [0.3, 0.4) is 0 Å². The molecule has 2 aromatic carbocycles. The monoisotopic (exact) mass is 432 g/mol. The predicted octanol–water partition coefficient (Wildman–Crippen LogP) is 3.11. The Kier molecular flexibility index (Phi) is 6.26. The zero-order valence-electron chi connectivity index (χ0n) is 17.9. The summed E-state index contributed by atoms with van der Waals surface area (Å²) in [6.45, 7) is 5.73. The van der Waals surface area contributed by atoms with Gasteiger partial charge in [-0.2, -0.15) is 0 Å². The molecule has 0 fully saturated rings. The lowest BCUT2D eigenvalue weighted by atomic mass is 10.0. The van der Waals surface area contributed by atoms with Crippen LogP contribution in [0.1, 0.15) is 36.1 Å². The van der Waals surface area contributed by atoms with E-state index in [1.54, 1.807) is 19.2 Å². The minimum Gasteiger partial charge on any atom is -0.496 e. The molecule has 1 aliphatic rings. The lowest BCUT2D eigenvalue weighted by Crippen LogP contribution is -2.51. The molecule has 0 aromatic heterocycles. The smallest absolute Gasteiger partial charge is 0.263 e. The van der Waals surface area contributed by atoms with Gasteiger partial charge in [-0.3, -0.25) is 9.10 Å². The zero-order valence-corrected chi connectivity index (χ0v) is 18.7.